The lowest BCUT2D eigenvalue weighted by atomic mass is 10.1. The van der Waals surface area contributed by atoms with Gasteiger partial charge in [0.2, 0.25) is 0 Å². The van der Waals surface area contributed by atoms with Gasteiger partial charge in [-0.25, -0.2) is 0 Å². The van der Waals surface area contributed by atoms with Crippen LogP contribution < -0.4 is 0 Å². The fourth-order valence-electron chi connectivity index (χ4n) is 3.92. The first-order valence-electron chi connectivity index (χ1n) is 10.2. The molecule has 2 aromatic carbocycles. The summed E-state index contributed by atoms with van der Waals surface area (Å²) in [5.41, 5.74) is 5.22. The molecule has 32 heavy (non-hydrogen) atoms. The Bertz CT molecular complexity index is 1660. The maximum Gasteiger partial charge on any atom is 0.0977 e. The van der Waals surface area contributed by atoms with Crippen molar-refractivity contribution in [2.45, 2.75) is 0 Å². The highest BCUT2D eigenvalue weighted by Crippen LogP contribution is 2.25. The topological polar surface area (TPSA) is 51.6 Å². The van der Waals surface area contributed by atoms with E-state index in [1.165, 1.54) is 0 Å². The second-order valence-corrected chi connectivity index (χ2v) is 7.29. The van der Waals surface area contributed by atoms with E-state index in [-0.39, 0.29) is 0 Å². The summed E-state index contributed by atoms with van der Waals surface area (Å²) in [6, 6.07) is 19.9. The van der Waals surface area contributed by atoms with Gasteiger partial charge >= 0.3 is 0 Å². The van der Waals surface area contributed by atoms with Crippen molar-refractivity contribution in [3.8, 4) is 23.7 Å². The number of nitrogens with zero attached hydrogens (tertiary/aromatic N) is 4. The highest BCUT2D eigenvalue weighted by atomic mass is 14.7. The lowest BCUT2D eigenvalue weighted by Gasteiger charge is -2.03. The third kappa shape index (κ3) is 2.99. The number of benzene rings is 2. The van der Waals surface area contributed by atoms with Gasteiger partial charge in [-0.1, -0.05) is 48.2 Å². The molecule has 0 spiro atoms. The molecule has 0 saturated heterocycles. The lowest BCUT2D eigenvalue weighted by Crippen LogP contribution is -1.88. The van der Waals surface area contributed by atoms with Crippen LogP contribution in [0.25, 0.3) is 43.6 Å². The molecule has 0 atom stereocenters. The number of fused-ring (bicyclic) bond motifs is 6. The summed E-state index contributed by atoms with van der Waals surface area (Å²) in [7, 11) is 0. The number of pyridine rings is 4. The first-order valence-corrected chi connectivity index (χ1v) is 10.2. The molecule has 0 unspecified atom stereocenters. The van der Waals surface area contributed by atoms with Crippen LogP contribution in [-0.4, -0.2) is 19.9 Å². The summed E-state index contributed by atoms with van der Waals surface area (Å²) in [5, 5.41) is 4.06. The first kappa shape index (κ1) is 18.0. The summed E-state index contributed by atoms with van der Waals surface area (Å²) in [6.07, 6.45) is 7.10. The predicted octanol–water partition coefficient (Wildman–Crippen LogP) is 5.28. The van der Waals surface area contributed by atoms with Gasteiger partial charge in [-0.15, -0.1) is 0 Å². The standard InChI is InChI=1S/C28H14N4/c1(5-19-13-17-31-27-23(19)11-9-21-7-3-15-29-25(21)27)2-6-20-14-18-32-28-24(20)12-10-22-8-4-16-30-26(22)28/h3-4,7-18H. The van der Waals surface area contributed by atoms with Crippen LogP contribution in [0.5, 0.6) is 0 Å². The molecule has 4 heterocycles. The van der Waals surface area contributed by atoms with Gasteiger partial charge in [-0.05, 0) is 36.1 Å². The molecule has 146 valence electrons. The summed E-state index contributed by atoms with van der Waals surface area (Å²) < 4.78 is 0. The van der Waals surface area contributed by atoms with Crippen LogP contribution in [0.3, 0.4) is 0 Å². The Balaban J connectivity index is 1.42. The minimum absolute atomic E-state index is 0.849. The van der Waals surface area contributed by atoms with Crippen molar-refractivity contribution in [3.63, 3.8) is 0 Å². The molecule has 0 N–H and O–H groups in total. The van der Waals surface area contributed by atoms with Crippen molar-refractivity contribution in [2.75, 3.05) is 0 Å². The van der Waals surface area contributed by atoms with Crippen LogP contribution in [-0.2, 0) is 0 Å². The van der Waals surface area contributed by atoms with E-state index >= 15 is 0 Å². The number of hydrogen-bond donors (Lipinski definition) is 0. The predicted molar refractivity (Wildman–Crippen MR) is 128 cm³/mol. The Morgan fingerprint density at radius 1 is 0.438 bits per heavy atom. The van der Waals surface area contributed by atoms with Gasteiger partial charge in [-0.3, -0.25) is 19.9 Å². The first-order chi connectivity index (χ1) is 15.9. The van der Waals surface area contributed by atoms with E-state index in [2.05, 4.69) is 43.6 Å². The van der Waals surface area contributed by atoms with E-state index in [4.69, 9.17) is 0 Å². The largest absolute Gasteiger partial charge is 0.254 e. The van der Waals surface area contributed by atoms with Crippen molar-refractivity contribution in [3.05, 3.63) is 96.6 Å². The highest BCUT2D eigenvalue weighted by Gasteiger charge is 2.06. The van der Waals surface area contributed by atoms with Crippen LogP contribution in [0.2, 0.25) is 0 Å². The number of hydrogen-bond acceptors (Lipinski definition) is 4. The van der Waals surface area contributed by atoms with Gasteiger partial charge in [0.1, 0.15) is 0 Å². The van der Waals surface area contributed by atoms with E-state index in [0.717, 1.165) is 54.7 Å². The summed E-state index contributed by atoms with van der Waals surface area (Å²) in [6.45, 7) is 0. The Morgan fingerprint density at radius 3 is 1.41 bits per heavy atom. The van der Waals surface area contributed by atoms with E-state index in [0.29, 0.717) is 0 Å². The van der Waals surface area contributed by atoms with Crippen molar-refractivity contribution >= 4 is 43.6 Å². The quantitative estimate of drug-likeness (QED) is 0.254. The third-order valence-corrected chi connectivity index (χ3v) is 5.42. The van der Waals surface area contributed by atoms with Crippen LogP contribution in [0.1, 0.15) is 11.1 Å². The molecule has 0 radical (unpaired) electrons. The molecule has 0 bridgehead atoms. The second-order valence-electron chi connectivity index (χ2n) is 7.29. The van der Waals surface area contributed by atoms with Crippen LogP contribution in [0.4, 0.5) is 0 Å². The van der Waals surface area contributed by atoms with Gasteiger partial charge in [0.25, 0.3) is 0 Å². The molecule has 0 aliphatic heterocycles. The van der Waals surface area contributed by atoms with Crippen molar-refractivity contribution in [2.24, 2.45) is 0 Å². The molecular weight excluding hydrogens is 392 g/mol. The van der Waals surface area contributed by atoms with E-state index in [1.54, 1.807) is 24.8 Å². The molecule has 4 heteroatoms. The molecular formula is C28H14N4. The zero-order chi connectivity index (χ0) is 21.3. The lowest BCUT2D eigenvalue weighted by molar-refractivity contribution is 1.37. The summed E-state index contributed by atoms with van der Waals surface area (Å²) >= 11 is 0. The Kier molecular flexibility index (Phi) is 4.20. The zero-order valence-corrected chi connectivity index (χ0v) is 16.9. The summed E-state index contributed by atoms with van der Waals surface area (Å²) in [5.74, 6) is 12.4. The monoisotopic (exact) mass is 406 g/mol. The minimum Gasteiger partial charge on any atom is -0.254 e. The molecule has 6 aromatic rings. The van der Waals surface area contributed by atoms with Gasteiger partial charge in [-0.2, -0.15) is 0 Å². The molecule has 6 rings (SSSR count). The van der Waals surface area contributed by atoms with E-state index in [9.17, 15) is 0 Å². The van der Waals surface area contributed by atoms with Crippen molar-refractivity contribution in [1.82, 2.24) is 19.9 Å². The summed E-state index contributed by atoms with van der Waals surface area (Å²) in [4.78, 5) is 18.0. The van der Waals surface area contributed by atoms with Crippen molar-refractivity contribution < 1.29 is 0 Å². The zero-order valence-electron chi connectivity index (χ0n) is 16.9. The van der Waals surface area contributed by atoms with E-state index in [1.807, 2.05) is 60.7 Å². The highest BCUT2D eigenvalue weighted by molar-refractivity contribution is 6.05. The molecule has 4 aromatic heterocycles. The SMILES string of the molecule is C(C#Cc1ccnc2c1ccc1cccnc12)#Cc1ccnc2c1ccc1cccnc12. The molecule has 0 aliphatic rings. The Hall–Kier alpha value is -4.80. The molecule has 0 fully saturated rings. The maximum atomic E-state index is 4.53. The smallest absolute Gasteiger partial charge is 0.0977 e. The fourth-order valence-corrected chi connectivity index (χ4v) is 3.92. The van der Waals surface area contributed by atoms with Crippen LogP contribution in [0.15, 0.2) is 85.5 Å². The number of aromatic nitrogens is 4. The molecule has 0 aliphatic carbocycles. The normalized spacial score (nSPS) is 10.6. The van der Waals surface area contributed by atoms with Crippen LogP contribution >= 0.6 is 0 Å². The molecule has 4 nitrogen and oxygen atoms in total. The minimum atomic E-state index is 0.849. The number of rotatable bonds is 0. The van der Waals surface area contributed by atoms with Crippen molar-refractivity contribution in [1.29, 1.82) is 0 Å². The van der Waals surface area contributed by atoms with Gasteiger partial charge < -0.3 is 0 Å². The maximum absolute atomic E-state index is 4.53. The third-order valence-electron chi connectivity index (χ3n) is 5.42. The fraction of sp³-hybridized carbons (Fsp3) is 0. The molecule has 0 amide bonds. The Morgan fingerprint density at radius 2 is 0.906 bits per heavy atom. The van der Waals surface area contributed by atoms with Crippen LogP contribution in [0, 0.1) is 23.7 Å². The average Bonchev–Trinajstić information content (AvgIpc) is 2.86. The molecule has 0 saturated carbocycles. The second kappa shape index (κ2) is 7.47. The average molecular weight is 406 g/mol. The Labute approximate surface area is 184 Å². The van der Waals surface area contributed by atoms with Gasteiger partial charge in [0, 0.05) is 57.5 Å². The van der Waals surface area contributed by atoms with E-state index < -0.39 is 0 Å². The van der Waals surface area contributed by atoms with Gasteiger partial charge in [0.15, 0.2) is 0 Å². The van der Waals surface area contributed by atoms with Gasteiger partial charge in [0.05, 0.1) is 22.1 Å².